The molecule has 1 aliphatic rings. The fraction of sp³-hybridized carbons (Fsp3) is 0. The van der Waals surface area contributed by atoms with E-state index >= 15 is 0 Å². The van der Waals surface area contributed by atoms with Gasteiger partial charge in [0.2, 0.25) is 0 Å². The van der Waals surface area contributed by atoms with Crippen molar-refractivity contribution in [3.63, 3.8) is 0 Å². The van der Waals surface area contributed by atoms with Gasteiger partial charge < -0.3 is 0 Å². The van der Waals surface area contributed by atoms with Crippen molar-refractivity contribution < 1.29 is 13.7 Å². The number of thiol groups is 1. The Balaban J connectivity index is 2.59. The van der Waals surface area contributed by atoms with Crippen molar-refractivity contribution >= 4 is 16.6 Å². The third-order valence-electron chi connectivity index (χ3n) is 2.30. The fourth-order valence-corrected chi connectivity index (χ4v) is 3.29. The van der Waals surface area contributed by atoms with Gasteiger partial charge in [-0.2, -0.15) is 5.26 Å². The molecular weight excluding hydrogens is 262 g/mol. The lowest BCUT2D eigenvalue weighted by atomic mass is 10.2. The van der Waals surface area contributed by atoms with E-state index in [1.165, 1.54) is 12.1 Å². The summed E-state index contributed by atoms with van der Waals surface area (Å²) in [7, 11) is -1.85. The highest BCUT2D eigenvalue weighted by Crippen LogP contribution is 2.54. The number of nitriles is 1. The zero-order chi connectivity index (χ0) is 13.3. The zero-order valence-electron chi connectivity index (χ0n) is 8.80. The average Bonchev–Trinajstić information content (AvgIpc) is 2.67. The van der Waals surface area contributed by atoms with Gasteiger partial charge in [0.05, 0.1) is 21.5 Å². The van der Waals surface area contributed by atoms with Crippen LogP contribution in [0.15, 0.2) is 45.6 Å². The molecule has 4 nitrogen and oxygen atoms in total. The van der Waals surface area contributed by atoms with Crippen LogP contribution in [0.1, 0.15) is 5.56 Å². The van der Waals surface area contributed by atoms with E-state index in [2.05, 4.69) is 0 Å². The predicted octanol–water partition coefficient (Wildman–Crippen LogP) is 3.46. The Kier molecular flexibility index (Phi) is 3.12. The van der Waals surface area contributed by atoms with Gasteiger partial charge in [0, 0.05) is 12.1 Å². The van der Waals surface area contributed by atoms with Crippen LogP contribution in [0.4, 0.5) is 14.5 Å². The number of halogens is 2. The van der Waals surface area contributed by atoms with E-state index in [-0.39, 0.29) is 16.1 Å². The van der Waals surface area contributed by atoms with Crippen LogP contribution in [-0.4, -0.2) is 4.92 Å². The fourth-order valence-electron chi connectivity index (χ4n) is 1.53. The molecule has 0 saturated carbocycles. The lowest BCUT2D eigenvalue weighted by Crippen LogP contribution is -1.93. The number of allylic oxidation sites excluding steroid dienone is 2. The Morgan fingerprint density at radius 1 is 1.39 bits per heavy atom. The molecule has 92 valence electrons. The van der Waals surface area contributed by atoms with Crippen molar-refractivity contribution in [3.8, 4) is 6.07 Å². The van der Waals surface area contributed by atoms with Gasteiger partial charge in [-0.05, 0) is 17.5 Å². The Hall–Kier alpha value is -2.20. The molecule has 0 aromatic heterocycles. The van der Waals surface area contributed by atoms with Gasteiger partial charge in [-0.15, -0.1) is 10.9 Å². The van der Waals surface area contributed by atoms with Gasteiger partial charge in [0.25, 0.3) is 5.69 Å². The smallest absolute Gasteiger partial charge is 0.258 e. The second-order valence-corrected chi connectivity index (χ2v) is 5.33. The quantitative estimate of drug-likeness (QED) is 0.507. The summed E-state index contributed by atoms with van der Waals surface area (Å²) in [6.07, 6.45) is 0.703. The summed E-state index contributed by atoms with van der Waals surface area (Å²) in [5.41, 5.74) is -0.138. The first kappa shape index (κ1) is 12.3. The van der Waals surface area contributed by atoms with Crippen LogP contribution >= 0.6 is 10.9 Å². The SMILES string of the molecule is N#Cc1ccc([N+](=O)[O-])c([SH]2C=C(F)C=C2F)c1. The molecule has 0 aliphatic carbocycles. The first-order valence-electron chi connectivity index (χ1n) is 4.75. The maximum absolute atomic E-state index is 13.5. The van der Waals surface area contributed by atoms with Crippen molar-refractivity contribution in [2.75, 3.05) is 0 Å². The van der Waals surface area contributed by atoms with Crippen LogP contribution in [0, 0.1) is 21.4 Å². The number of rotatable bonds is 2. The molecule has 1 unspecified atom stereocenters. The van der Waals surface area contributed by atoms with E-state index < -0.39 is 26.8 Å². The highest BCUT2D eigenvalue weighted by molar-refractivity contribution is 8.23. The van der Waals surface area contributed by atoms with Crippen LogP contribution in [0.2, 0.25) is 0 Å². The van der Waals surface area contributed by atoms with Crippen LogP contribution in [0.5, 0.6) is 0 Å². The molecule has 18 heavy (non-hydrogen) atoms. The molecule has 0 radical (unpaired) electrons. The first-order valence-corrected chi connectivity index (χ1v) is 6.16. The highest BCUT2D eigenvalue weighted by atomic mass is 32.2. The van der Waals surface area contributed by atoms with Crippen molar-refractivity contribution in [3.05, 3.63) is 56.3 Å². The predicted molar refractivity (Wildman–Crippen MR) is 63.4 cm³/mol. The van der Waals surface area contributed by atoms with Crippen molar-refractivity contribution in [2.24, 2.45) is 0 Å². The Morgan fingerprint density at radius 3 is 2.61 bits per heavy atom. The maximum Gasteiger partial charge on any atom is 0.281 e. The van der Waals surface area contributed by atoms with Crippen LogP contribution < -0.4 is 0 Å². The van der Waals surface area contributed by atoms with Gasteiger partial charge in [-0.25, -0.2) is 8.78 Å². The largest absolute Gasteiger partial charge is 0.281 e. The minimum atomic E-state index is -1.85. The van der Waals surface area contributed by atoms with E-state index in [1.807, 2.05) is 6.07 Å². The summed E-state index contributed by atoms with van der Waals surface area (Å²) in [4.78, 5) is 10.2. The summed E-state index contributed by atoms with van der Waals surface area (Å²) in [6.45, 7) is 0. The second kappa shape index (κ2) is 4.58. The summed E-state index contributed by atoms with van der Waals surface area (Å²) in [5.74, 6) is -0.754. The van der Waals surface area contributed by atoms with E-state index in [9.17, 15) is 18.9 Å². The van der Waals surface area contributed by atoms with Gasteiger partial charge in [0.1, 0.15) is 11.0 Å². The molecule has 1 aromatic carbocycles. The first-order chi connectivity index (χ1) is 8.52. The van der Waals surface area contributed by atoms with Gasteiger partial charge in [-0.3, -0.25) is 10.1 Å². The van der Waals surface area contributed by atoms with E-state index in [1.54, 1.807) is 0 Å². The molecule has 1 atom stereocenters. The normalized spacial score (nSPS) is 19.9. The molecule has 0 bridgehead atoms. The molecule has 1 aromatic rings. The summed E-state index contributed by atoms with van der Waals surface area (Å²) >= 11 is 0. The Morgan fingerprint density at radius 2 is 2.11 bits per heavy atom. The number of benzene rings is 1. The summed E-state index contributed by atoms with van der Waals surface area (Å²) in [5, 5.41) is 19.8. The lowest BCUT2D eigenvalue weighted by Gasteiger charge is -2.12. The van der Waals surface area contributed by atoms with Gasteiger partial charge >= 0.3 is 0 Å². The van der Waals surface area contributed by atoms with E-state index in [4.69, 9.17) is 5.26 Å². The monoisotopic (exact) mass is 268 g/mol. The van der Waals surface area contributed by atoms with Gasteiger partial charge in [-0.1, -0.05) is 0 Å². The molecule has 0 fully saturated rings. The molecule has 0 saturated heterocycles. The molecule has 1 aliphatic heterocycles. The van der Waals surface area contributed by atoms with Crippen LogP contribution in [-0.2, 0) is 0 Å². The zero-order valence-corrected chi connectivity index (χ0v) is 9.70. The number of nitro groups is 1. The topological polar surface area (TPSA) is 66.9 Å². The standard InChI is InChI=1S/C11H6F2N2O2S/c12-8-4-11(13)18(6-8)10-3-7(5-14)1-2-9(10)15(16)17/h1-4,6,18H. The molecule has 0 N–H and O–H groups in total. The van der Waals surface area contributed by atoms with E-state index in [0.29, 0.717) is 6.08 Å². The molecule has 1 heterocycles. The van der Waals surface area contributed by atoms with Crippen molar-refractivity contribution in [1.29, 1.82) is 5.26 Å². The number of nitro benzene ring substituents is 1. The lowest BCUT2D eigenvalue weighted by molar-refractivity contribution is -0.387. The van der Waals surface area contributed by atoms with Crippen molar-refractivity contribution in [1.82, 2.24) is 0 Å². The molecular formula is C11H6F2N2O2S. The molecule has 2 rings (SSSR count). The number of nitrogens with zero attached hydrogens (tertiary/aromatic N) is 2. The Bertz CT molecular complexity index is 634. The minimum Gasteiger partial charge on any atom is -0.258 e. The molecule has 7 heteroatoms. The average molecular weight is 268 g/mol. The van der Waals surface area contributed by atoms with Crippen LogP contribution in [0.25, 0.3) is 0 Å². The molecule has 0 amide bonds. The third-order valence-corrected chi connectivity index (χ3v) is 4.27. The number of hydrogen-bond acceptors (Lipinski definition) is 3. The maximum atomic E-state index is 13.5. The highest BCUT2D eigenvalue weighted by Gasteiger charge is 2.25. The van der Waals surface area contributed by atoms with Crippen LogP contribution in [0.3, 0.4) is 0 Å². The summed E-state index contributed by atoms with van der Waals surface area (Å²) in [6, 6.07) is 5.45. The molecule has 0 spiro atoms. The van der Waals surface area contributed by atoms with E-state index in [0.717, 1.165) is 11.5 Å². The number of hydrogen-bond donors (Lipinski definition) is 1. The Labute approximate surface area is 103 Å². The third kappa shape index (κ3) is 2.10. The summed E-state index contributed by atoms with van der Waals surface area (Å²) < 4.78 is 26.4. The van der Waals surface area contributed by atoms with Crippen molar-refractivity contribution in [2.45, 2.75) is 4.90 Å². The second-order valence-electron chi connectivity index (χ2n) is 3.42. The van der Waals surface area contributed by atoms with Gasteiger partial charge in [0.15, 0.2) is 0 Å². The minimum absolute atomic E-state index is 0.0375.